The Morgan fingerprint density at radius 2 is 2.07 bits per heavy atom. The second kappa shape index (κ2) is 3.49. The molecule has 9 heteroatoms. The Balaban J connectivity index is 3.19. The average Bonchev–Trinajstić information content (AvgIpc) is 2.25. The van der Waals surface area contributed by atoms with Crippen LogP contribution in [0.3, 0.4) is 0 Å². The number of primary sulfonamides is 1. The van der Waals surface area contributed by atoms with Gasteiger partial charge in [0.25, 0.3) is 0 Å². The molecule has 0 unspecified atom stereocenters. The lowest BCUT2D eigenvalue weighted by molar-refractivity contribution is -0.141. The van der Waals surface area contributed by atoms with Gasteiger partial charge in [0.2, 0.25) is 10.0 Å². The van der Waals surface area contributed by atoms with Crippen molar-refractivity contribution < 1.29 is 21.6 Å². The summed E-state index contributed by atoms with van der Waals surface area (Å²) in [4.78, 5) is 0. The number of halogens is 3. The molecule has 2 N–H and O–H groups in total. The van der Waals surface area contributed by atoms with Gasteiger partial charge in [-0.15, -0.1) is 0 Å². The molecule has 0 aliphatic heterocycles. The molecule has 86 valence electrons. The first-order valence-electron chi connectivity index (χ1n) is 3.70. The second-order valence-electron chi connectivity index (χ2n) is 2.98. The summed E-state index contributed by atoms with van der Waals surface area (Å²) in [6.45, 7) is 0. The first-order chi connectivity index (χ1) is 6.59. The summed E-state index contributed by atoms with van der Waals surface area (Å²) in [5.74, 6) is -0.879. The van der Waals surface area contributed by atoms with Crippen LogP contribution < -0.4 is 5.14 Å². The molecule has 0 bridgehead atoms. The summed E-state index contributed by atoms with van der Waals surface area (Å²) in [7, 11) is -2.73. The first-order valence-corrected chi connectivity index (χ1v) is 5.41. The number of nitrogens with two attached hydrogens (primary N) is 1. The highest BCUT2D eigenvalue weighted by Crippen LogP contribution is 2.30. The molecule has 0 saturated heterocycles. The van der Waals surface area contributed by atoms with Crippen LogP contribution in [-0.4, -0.2) is 18.2 Å². The van der Waals surface area contributed by atoms with Gasteiger partial charge in [-0.05, 0) is 0 Å². The van der Waals surface area contributed by atoms with Crippen molar-refractivity contribution in [2.45, 2.75) is 11.9 Å². The maximum Gasteiger partial charge on any atom is 0.435 e. The third-order valence-electron chi connectivity index (χ3n) is 1.53. The van der Waals surface area contributed by atoms with E-state index in [1.165, 1.54) is 7.05 Å². The Hall–Kier alpha value is -1.09. The van der Waals surface area contributed by atoms with Crippen molar-refractivity contribution in [3.8, 4) is 0 Å². The fraction of sp³-hybridized carbons (Fsp3) is 0.500. The molecule has 1 heterocycles. The molecule has 1 aromatic heterocycles. The predicted octanol–water partition coefficient (Wildman–Crippen LogP) is 0.227. The number of hydrogen-bond donors (Lipinski definition) is 1. The topological polar surface area (TPSA) is 78.0 Å². The van der Waals surface area contributed by atoms with E-state index in [4.69, 9.17) is 0 Å². The molecule has 0 radical (unpaired) electrons. The molecule has 1 rings (SSSR count). The van der Waals surface area contributed by atoms with E-state index in [0.717, 1.165) is 10.9 Å². The Bertz CT molecular complexity index is 462. The highest BCUT2D eigenvalue weighted by atomic mass is 32.2. The predicted molar refractivity (Wildman–Crippen MR) is 45.0 cm³/mol. The molecule has 5 nitrogen and oxygen atoms in total. The van der Waals surface area contributed by atoms with Gasteiger partial charge in [0.1, 0.15) is 0 Å². The minimum Gasteiger partial charge on any atom is -0.275 e. The molecule has 0 atom stereocenters. The molecule has 0 saturated carbocycles. The number of alkyl halides is 3. The molecule has 0 spiro atoms. The van der Waals surface area contributed by atoms with E-state index in [0.29, 0.717) is 0 Å². The molecular formula is C6H8F3N3O2S. The van der Waals surface area contributed by atoms with Crippen LogP contribution in [0.2, 0.25) is 0 Å². The zero-order valence-electron chi connectivity index (χ0n) is 7.61. The summed E-state index contributed by atoms with van der Waals surface area (Å²) in [6.07, 6.45) is -3.70. The van der Waals surface area contributed by atoms with Gasteiger partial charge in [-0.3, -0.25) is 4.68 Å². The van der Waals surface area contributed by atoms with Crippen LogP contribution in [0.1, 0.15) is 11.3 Å². The Morgan fingerprint density at radius 3 is 2.47 bits per heavy atom. The average molecular weight is 243 g/mol. The van der Waals surface area contributed by atoms with Crippen LogP contribution in [0.25, 0.3) is 0 Å². The molecule has 0 amide bonds. The molecule has 0 aromatic carbocycles. The van der Waals surface area contributed by atoms with Crippen molar-refractivity contribution in [3.63, 3.8) is 0 Å². The second-order valence-corrected chi connectivity index (χ2v) is 4.60. The summed E-state index contributed by atoms with van der Waals surface area (Å²) < 4.78 is 59.2. The fourth-order valence-corrected chi connectivity index (χ4v) is 1.74. The van der Waals surface area contributed by atoms with Gasteiger partial charge in [-0.2, -0.15) is 18.3 Å². The quantitative estimate of drug-likeness (QED) is 0.807. The van der Waals surface area contributed by atoms with Crippen LogP contribution in [-0.2, 0) is 29.0 Å². The molecule has 0 aliphatic rings. The van der Waals surface area contributed by atoms with Crippen LogP contribution in [0, 0.1) is 0 Å². The van der Waals surface area contributed by atoms with E-state index in [2.05, 4.69) is 10.2 Å². The minimum atomic E-state index is -4.68. The zero-order chi connectivity index (χ0) is 11.9. The lowest BCUT2D eigenvalue weighted by Crippen LogP contribution is -2.17. The van der Waals surface area contributed by atoms with Crippen LogP contribution in [0.5, 0.6) is 0 Å². The number of aryl methyl sites for hydroxylation is 1. The lowest BCUT2D eigenvalue weighted by Gasteiger charge is -2.04. The number of sulfonamides is 1. The van der Waals surface area contributed by atoms with Gasteiger partial charge < -0.3 is 0 Å². The third-order valence-corrected chi connectivity index (χ3v) is 2.24. The summed E-state index contributed by atoms with van der Waals surface area (Å²) in [5.41, 5.74) is -1.67. The number of hydrogen-bond acceptors (Lipinski definition) is 3. The van der Waals surface area contributed by atoms with Gasteiger partial charge in [0, 0.05) is 18.8 Å². The van der Waals surface area contributed by atoms with Crippen LogP contribution >= 0.6 is 0 Å². The van der Waals surface area contributed by atoms with E-state index in [1.54, 1.807) is 0 Å². The highest BCUT2D eigenvalue weighted by Gasteiger charge is 2.37. The number of rotatable bonds is 2. The van der Waals surface area contributed by atoms with Crippen LogP contribution in [0.4, 0.5) is 13.2 Å². The van der Waals surface area contributed by atoms with Gasteiger partial charge in [-0.25, -0.2) is 13.6 Å². The Morgan fingerprint density at radius 1 is 1.53 bits per heavy atom. The molecule has 0 fully saturated rings. The number of aromatic nitrogens is 2. The zero-order valence-corrected chi connectivity index (χ0v) is 8.43. The normalized spacial score (nSPS) is 13.1. The smallest absolute Gasteiger partial charge is 0.275 e. The molecular weight excluding hydrogens is 235 g/mol. The van der Waals surface area contributed by atoms with Crippen molar-refractivity contribution in [1.29, 1.82) is 0 Å². The lowest BCUT2D eigenvalue weighted by atomic mass is 10.3. The van der Waals surface area contributed by atoms with Gasteiger partial charge in [0.05, 0.1) is 5.75 Å². The van der Waals surface area contributed by atoms with Gasteiger partial charge in [0.15, 0.2) is 5.69 Å². The first kappa shape index (κ1) is 12.0. The molecule has 15 heavy (non-hydrogen) atoms. The highest BCUT2D eigenvalue weighted by molar-refractivity contribution is 7.88. The van der Waals surface area contributed by atoms with Crippen molar-refractivity contribution >= 4 is 10.0 Å². The van der Waals surface area contributed by atoms with Gasteiger partial charge in [-0.1, -0.05) is 0 Å². The maximum absolute atomic E-state index is 12.3. The fourth-order valence-electron chi connectivity index (χ4n) is 1.10. The van der Waals surface area contributed by atoms with Gasteiger partial charge >= 0.3 is 6.18 Å². The summed E-state index contributed by atoms with van der Waals surface area (Å²) in [6, 6.07) is 0. The Kier molecular flexibility index (Phi) is 2.79. The molecule has 1 aromatic rings. The third kappa shape index (κ3) is 3.20. The van der Waals surface area contributed by atoms with E-state index in [9.17, 15) is 21.6 Å². The van der Waals surface area contributed by atoms with E-state index >= 15 is 0 Å². The largest absolute Gasteiger partial charge is 0.435 e. The van der Waals surface area contributed by atoms with Crippen molar-refractivity contribution in [1.82, 2.24) is 9.78 Å². The van der Waals surface area contributed by atoms with Crippen molar-refractivity contribution in [2.24, 2.45) is 12.2 Å². The van der Waals surface area contributed by atoms with Crippen LogP contribution in [0.15, 0.2) is 6.20 Å². The van der Waals surface area contributed by atoms with E-state index in [-0.39, 0.29) is 0 Å². The van der Waals surface area contributed by atoms with Crippen molar-refractivity contribution in [2.75, 3.05) is 0 Å². The number of nitrogens with zero attached hydrogens (tertiary/aromatic N) is 2. The Labute approximate surface area is 83.7 Å². The molecule has 0 aliphatic carbocycles. The SMILES string of the molecule is Cn1cc(CS(N)(=O)=O)c(C(F)(F)F)n1. The standard InChI is InChI=1S/C6H8F3N3O2S/c1-12-2-4(3-15(10,13)14)5(11-12)6(7,8)9/h2H,3H2,1H3,(H2,10,13,14). The summed E-state index contributed by atoms with van der Waals surface area (Å²) in [5, 5.41) is 7.79. The van der Waals surface area contributed by atoms with E-state index < -0.39 is 33.2 Å². The summed E-state index contributed by atoms with van der Waals surface area (Å²) >= 11 is 0. The van der Waals surface area contributed by atoms with Crippen molar-refractivity contribution in [3.05, 3.63) is 17.5 Å². The maximum atomic E-state index is 12.3. The van der Waals surface area contributed by atoms with E-state index in [1.807, 2.05) is 0 Å². The minimum absolute atomic E-state index is 0.451. The monoisotopic (exact) mass is 243 g/mol.